The van der Waals surface area contributed by atoms with E-state index >= 15 is 0 Å². The van der Waals surface area contributed by atoms with Crippen molar-refractivity contribution in [2.24, 2.45) is 0 Å². The first-order chi connectivity index (χ1) is 9.85. The van der Waals surface area contributed by atoms with E-state index in [-0.39, 0.29) is 17.5 Å². The standard InChI is InChI=1S/C15H19N3O2S/c1-10-3-4-12(7-11(10)2)14-8-15(16)18(17-14)13-5-6-21(19,20)9-13/h3-4,7-8,13H,5-6,9,16H2,1-2H3. The van der Waals surface area contributed by atoms with Gasteiger partial charge in [-0.2, -0.15) is 5.10 Å². The topological polar surface area (TPSA) is 78.0 Å². The first-order valence-corrected chi connectivity index (χ1v) is 8.81. The van der Waals surface area contributed by atoms with Crippen LogP contribution in [0, 0.1) is 13.8 Å². The van der Waals surface area contributed by atoms with E-state index in [9.17, 15) is 8.42 Å². The number of rotatable bonds is 2. The third kappa shape index (κ3) is 2.68. The average molecular weight is 305 g/mol. The minimum atomic E-state index is -2.94. The van der Waals surface area contributed by atoms with Crippen molar-refractivity contribution in [1.82, 2.24) is 9.78 Å². The Morgan fingerprint density at radius 3 is 2.62 bits per heavy atom. The highest BCUT2D eigenvalue weighted by atomic mass is 32.2. The van der Waals surface area contributed by atoms with Crippen molar-refractivity contribution in [2.75, 3.05) is 17.2 Å². The first kappa shape index (κ1) is 14.1. The molecular formula is C15H19N3O2S. The van der Waals surface area contributed by atoms with Crippen LogP contribution < -0.4 is 5.73 Å². The van der Waals surface area contributed by atoms with Gasteiger partial charge in [-0.05, 0) is 37.5 Å². The predicted molar refractivity (Wildman–Crippen MR) is 83.9 cm³/mol. The lowest BCUT2D eigenvalue weighted by atomic mass is 10.0. The molecule has 3 rings (SSSR count). The number of nitrogens with zero attached hydrogens (tertiary/aromatic N) is 2. The Morgan fingerprint density at radius 1 is 1.24 bits per heavy atom. The van der Waals surface area contributed by atoms with E-state index in [1.54, 1.807) is 4.68 Å². The van der Waals surface area contributed by atoms with Gasteiger partial charge in [0.05, 0.1) is 23.2 Å². The summed E-state index contributed by atoms with van der Waals surface area (Å²) in [5.74, 6) is 0.867. The fraction of sp³-hybridized carbons (Fsp3) is 0.400. The molecule has 21 heavy (non-hydrogen) atoms. The Balaban J connectivity index is 1.96. The van der Waals surface area contributed by atoms with E-state index < -0.39 is 9.84 Å². The normalized spacial score (nSPS) is 20.8. The summed E-state index contributed by atoms with van der Waals surface area (Å²) in [6.07, 6.45) is 0.584. The Hall–Kier alpha value is -1.82. The van der Waals surface area contributed by atoms with E-state index in [1.807, 2.05) is 12.1 Å². The van der Waals surface area contributed by atoms with Crippen molar-refractivity contribution >= 4 is 15.7 Å². The zero-order valence-corrected chi connectivity index (χ0v) is 13.0. The van der Waals surface area contributed by atoms with Crippen LogP contribution in [-0.2, 0) is 9.84 Å². The largest absolute Gasteiger partial charge is 0.384 e. The Kier molecular flexibility index (Phi) is 3.28. The van der Waals surface area contributed by atoms with E-state index in [4.69, 9.17) is 5.73 Å². The maximum absolute atomic E-state index is 11.6. The molecule has 1 atom stereocenters. The molecular weight excluding hydrogens is 286 g/mol. The van der Waals surface area contributed by atoms with Crippen LogP contribution in [-0.4, -0.2) is 29.7 Å². The number of nitrogens with two attached hydrogens (primary N) is 1. The Morgan fingerprint density at radius 2 is 2.00 bits per heavy atom. The molecule has 1 fully saturated rings. The van der Waals surface area contributed by atoms with E-state index in [1.165, 1.54) is 11.1 Å². The van der Waals surface area contributed by atoms with Gasteiger partial charge in [0.25, 0.3) is 0 Å². The van der Waals surface area contributed by atoms with Crippen LogP contribution in [0.2, 0.25) is 0 Å². The molecule has 112 valence electrons. The molecule has 1 aromatic carbocycles. The van der Waals surface area contributed by atoms with Crippen LogP contribution in [0.4, 0.5) is 5.82 Å². The number of hydrogen-bond acceptors (Lipinski definition) is 4. The summed E-state index contributed by atoms with van der Waals surface area (Å²) in [6, 6.07) is 7.82. The minimum absolute atomic E-state index is 0.130. The number of hydrogen-bond donors (Lipinski definition) is 1. The summed E-state index contributed by atoms with van der Waals surface area (Å²) >= 11 is 0. The quantitative estimate of drug-likeness (QED) is 0.921. The summed E-state index contributed by atoms with van der Waals surface area (Å²) < 4.78 is 24.9. The van der Waals surface area contributed by atoms with Crippen LogP contribution in [0.25, 0.3) is 11.3 Å². The van der Waals surface area contributed by atoms with Crippen LogP contribution in [0.5, 0.6) is 0 Å². The molecule has 2 heterocycles. The number of aryl methyl sites for hydroxylation is 2. The van der Waals surface area contributed by atoms with Crippen molar-refractivity contribution in [2.45, 2.75) is 26.3 Å². The number of sulfone groups is 1. The highest BCUT2D eigenvalue weighted by Crippen LogP contribution is 2.29. The van der Waals surface area contributed by atoms with Crippen molar-refractivity contribution < 1.29 is 8.42 Å². The molecule has 6 heteroatoms. The average Bonchev–Trinajstić information content (AvgIpc) is 2.95. The van der Waals surface area contributed by atoms with Gasteiger partial charge >= 0.3 is 0 Å². The van der Waals surface area contributed by atoms with Crippen LogP contribution in [0.15, 0.2) is 24.3 Å². The second-order valence-corrected chi connectivity index (χ2v) is 7.98. The molecule has 2 aromatic rings. The Labute approximate surface area is 124 Å². The molecule has 0 saturated carbocycles. The van der Waals surface area contributed by atoms with E-state index in [0.717, 1.165) is 11.3 Å². The fourth-order valence-corrected chi connectivity index (χ4v) is 4.40. The zero-order chi connectivity index (χ0) is 15.2. The smallest absolute Gasteiger partial charge is 0.152 e. The van der Waals surface area contributed by atoms with Gasteiger partial charge in [-0.25, -0.2) is 13.1 Å². The van der Waals surface area contributed by atoms with Crippen LogP contribution in [0.3, 0.4) is 0 Å². The van der Waals surface area contributed by atoms with Gasteiger partial charge in [0.1, 0.15) is 5.82 Å². The van der Waals surface area contributed by atoms with Gasteiger partial charge < -0.3 is 5.73 Å². The number of anilines is 1. The first-order valence-electron chi connectivity index (χ1n) is 6.99. The van der Waals surface area contributed by atoms with Crippen molar-refractivity contribution in [3.05, 3.63) is 35.4 Å². The van der Waals surface area contributed by atoms with Crippen molar-refractivity contribution in [3.63, 3.8) is 0 Å². The van der Waals surface area contributed by atoms with Crippen molar-refractivity contribution in [3.8, 4) is 11.3 Å². The SMILES string of the molecule is Cc1ccc(-c2cc(N)n(C3CCS(=O)(=O)C3)n2)cc1C. The predicted octanol–water partition coefficient (Wildman–Crippen LogP) is 2.11. The van der Waals surface area contributed by atoms with Gasteiger partial charge in [0.15, 0.2) is 9.84 Å². The third-order valence-electron chi connectivity index (χ3n) is 4.12. The number of benzene rings is 1. The summed E-state index contributed by atoms with van der Waals surface area (Å²) in [4.78, 5) is 0. The van der Waals surface area contributed by atoms with E-state index in [2.05, 4.69) is 31.1 Å². The minimum Gasteiger partial charge on any atom is -0.384 e. The van der Waals surface area contributed by atoms with Gasteiger partial charge in [-0.1, -0.05) is 12.1 Å². The number of nitrogen functional groups attached to an aromatic ring is 1. The molecule has 1 aromatic heterocycles. The molecule has 1 unspecified atom stereocenters. The van der Waals surface area contributed by atoms with Crippen LogP contribution >= 0.6 is 0 Å². The van der Waals surface area contributed by atoms with Gasteiger partial charge in [0, 0.05) is 11.6 Å². The second kappa shape index (κ2) is 4.87. The third-order valence-corrected chi connectivity index (χ3v) is 5.87. The molecule has 1 saturated heterocycles. The maximum Gasteiger partial charge on any atom is 0.152 e. The molecule has 1 aliphatic rings. The molecule has 0 amide bonds. The fourth-order valence-electron chi connectivity index (χ4n) is 2.71. The maximum atomic E-state index is 11.6. The summed E-state index contributed by atoms with van der Waals surface area (Å²) in [7, 11) is -2.94. The van der Waals surface area contributed by atoms with Gasteiger partial charge in [-0.15, -0.1) is 0 Å². The molecule has 2 N–H and O–H groups in total. The van der Waals surface area contributed by atoms with Gasteiger partial charge in [-0.3, -0.25) is 0 Å². The van der Waals surface area contributed by atoms with E-state index in [0.29, 0.717) is 12.2 Å². The monoisotopic (exact) mass is 305 g/mol. The zero-order valence-electron chi connectivity index (χ0n) is 12.2. The molecule has 1 aliphatic heterocycles. The molecule has 0 radical (unpaired) electrons. The number of aromatic nitrogens is 2. The molecule has 0 bridgehead atoms. The summed E-state index contributed by atoms with van der Waals surface area (Å²) in [5, 5.41) is 4.53. The lowest BCUT2D eigenvalue weighted by molar-refractivity contribution is 0.508. The van der Waals surface area contributed by atoms with Gasteiger partial charge in [0.2, 0.25) is 0 Å². The highest BCUT2D eigenvalue weighted by Gasteiger charge is 2.31. The lowest BCUT2D eigenvalue weighted by Gasteiger charge is -2.10. The molecule has 0 aliphatic carbocycles. The summed E-state index contributed by atoms with van der Waals surface area (Å²) in [6.45, 7) is 4.12. The summed E-state index contributed by atoms with van der Waals surface area (Å²) in [5.41, 5.74) is 10.2. The second-order valence-electron chi connectivity index (χ2n) is 5.75. The van der Waals surface area contributed by atoms with Crippen LogP contribution in [0.1, 0.15) is 23.6 Å². The highest BCUT2D eigenvalue weighted by molar-refractivity contribution is 7.91. The Bertz CT molecular complexity index is 793. The lowest BCUT2D eigenvalue weighted by Crippen LogP contribution is -2.14. The molecule has 0 spiro atoms. The van der Waals surface area contributed by atoms with Crippen molar-refractivity contribution in [1.29, 1.82) is 0 Å². The molecule has 5 nitrogen and oxygen atoms in total.